The molecule has 1 saturated heterocycles. The van der Waals surface area contributed by atoms with Crippen molar-refractivity contribution < 1.29 is 4.79 Å². The molecule has 1 amide bonds. The first-order chi connectivity index (χ1) is 6.96. The van der Waals surface area contributed by atoms with Gasteiger partial charge in [-0.25, -0.2) is 0 Å². The normalized spacial score (nSPS) is 20.8. The van der Waals surface area contributed by atoms with Crippen LogP contribution in [0.15, 0.2) is 0 Å². The second-order valence-corrected chi connectivity index (χ2v) is 5.46. The van der Waals surface area contributed by atoms with Gasteiger partial charge in [0.25, 0.3) is 0 Å². The predicted octanol–water partition coefficient (Wildman–Crippen LogP) is 2.05. The van der Waals surface area contributed by atoms with E-state index in [4.69, 9.17) is 0 Å². The Morgan fingerprint density at radius 1 is 1.44 bits per heavy atom. The molecular formula is C12H25ClN2O. The van der Waals surface area contributed by atoms with Gasteiger partial charge in [0.15, 0.2) is 0 Å². The van der Waals surface area contributed by atoms with Crippen molar-refractivity contribution in [3.8, 4) is 0 Å². The summed E-state index contributed by atoms with van der Waals surface area (Å²) in [5.41, 5.74) is 0.214. The summed E-state index contributed by atoms with van der Waals surface area (Å²) in [5, 5.41) is 3.03. The van der Waals surface area contributed by atoms with Gasteiger partial charge in [0.1, 0.15) is 0 Å². The van der Waals surface area contributed by atoms with E-state index in [0.29, 0.717) is 18.4 Å². The summed E-state index contributed by atoms with van der Waals surface area (Å²) in [5.74, 6) is 0.307. The Kier molecular flexibility index (Phi) is 6.34. The highest BCUT2D eigenvalue weighted by Crippen LogP contribution is 2.32. The van der Waals surface area contributed by atoms with Crippen molar-refractivity contribution in [1.29, 1.82) is 0 Å². The van der Waals surface area contributed by atoms with Gasteiger partial charge < -0.3 is 10.2 Å². The lowest BCUT2D eigenvalue weighted by molar-refractivity contribution is -0.133. The highest BCUT2D eigenvalue weighted by atomic mass is 35.5. The molecule has 1 N–H and O–H groups in total. The molecule has 0 aromatic carbocycles. The molecule has 3 nitrogen and oxygen atoms in total. The van der Waals surface area contributed by atoms with Crippen molar-refractivity contribution in [2.24, 2.45) is 5.41 Å². The number of rotatable bonds is 3. The molecule has 0 aliphatic carbocycles. The third-order valence-electron chi connectivity index (χ3n) is 3.16. The molecule has 1 aliphatic rings. The smallest absolute Gasteiger partial charge is 0.224 e. The van der Waals surface area contributed by atoms with E-state index in [1.807, 2.05) is 7.05 Å². The fourth-order valence-electron chi connectivity index (χ4n) is 2.34. The summed E-state index contributed by atoms with van der Waals surface area (Å²) >= 11 is 0. The van der Waals surface area contributed by atoms with Gasteiger partial charge in [-0.2, -0.15) is 0 Å². The highest BCUT2D eigenvalue weighted by molar-refractivity contribution is 5.85. The lowest BCUT2D eigenvalue weighted by Gasteiger charge is -2.35. The molecule has 0 saturated carbocycles. The second-order valence-electron chi connectivity index (χ2n) is 5.46. The van der Waals surface area contributed by atoms with E-state index in [0.717, 1.165) is 25.9 Å². The van der Waals surface area contributed by atoms with E-state index in [2.05, 4.69) is 31.0 Å². The zero-order valence-corrected chi connectivity index (χ0v) is 11.7. The first-order valence-electron chi connectivity index (χ1n) is 5.91. The molecule has 0 radical (unpaired) electrons. The Bertz CT molecular complexity index is 226. The van der Waals surface area contributed by atoms with Gasteiger partial charge in [-0.3, -0.25) is 4.79 Å². The maximum Gasteiger partial charge on any atom is 0.224 e. The van der Waals surface area contributed by atoms with Crippen molar-refractivity contribution in [1.82, 2.24) is 10.2 Å². The molecule has 1 unspecified atom stereocenters. The van der Waals surface area contributed by atoms with Crippen LogP contribution in [0.4, 0.5) is 0 Å². The van der Waals surface area contributed by atoms with Crippen LogP contribution >= 0.6 is 12.4 Å². The van der Waals surface area contributed by atoms with Crippen LogP contribution < -0.4 is 5.32 Å². The van der Waals surface area contributed by atoms with E-state index in [1.165, 1.54) is 0 Å². The van der Waals surface area contributed by atoms with Gasteiger partial charge in [0.05, 0.1) is 0 Å². The Hall–Kier alpha value is -0.280. The van der Waals surface area contributed by atoms with Gasteiger partial charge >= 0.3 is 0 Å². The van der Waals surface area contributed by atoms with E-state index < -0.39 is 0 Å². The lowest BCUT2D eigenvalue weighted by Crippen LogP contribution is -2.43. The number of halogens is 1. The third-order valence-corrected chi connectivity index (χ3v) is 3.16. The molecule has 1 fully saturated rings. The Morgan fingerprint density at radius 3 is 2.56 bits per heavy atom. The molecule has 0 aromatic heterocycles. The maximum absolute atomic E-state index is 11.9. The molecule has 1 heterocycles. The summed E-state index contributed by atoms with van der Waals surface area (Å²) in [6.07, 6.45) is 2.95. The van der Waals surface area contributed by atoms with Crippen LogP contribution in [0.25, 0.3) is 0 Å². The van der Waals surface area contributed by atoms with Crippen LogP contribution in [0, 0.1) is 5.41 Å². The summed E-state index contributed by atoms with van der Waals surface area (Å²) in [4.78, 5) is 14.0. The van der Waals surface area contributed by atoms with E-state index in [-0.39, 0.29) is 17.8 Å². The molecule has 0 bridgehead atoms. The maximum atomic E-state index is 11.9. The number of amides is 1. The molecule has 16 heavy (non-hydrogen) atoms. The zero-order valence-electron chi connectivity index (χ0n) is 10.9. The first-order valence-corrected chi connectivity index (χ1v) is 5.91. The molecule has 0 spiro atoms. The minimum atomic E-state index is 0. The predicted molar refractivity (Wildman–Crippen MR) is 70.0 cm³/mol. The molecule has 1 rings (SSSR count). The van der Waals surface area contributed by atoms with Gasteiger partial charge in [-0.1, -0.05) is 20.8 Å². The fraction of sp³-hybridized carbons (Fsp3) is 0.917. The lowest BCUT2D eigenvalue weighted by atomic mass is 9.85. The average Bonchev–Trinajstić information content (AvgIpc) is 2.61. The van der Waals surface area contributed by atoms with Crippen molar-refractivity contribution >= 4 is 18.3 Å². The summed E-state index contributed by atoms with van der Waals surface area (Å²) < 4.78 is 0. The Labute approximate surface area is 105 Å². The molecular weight excluding hydrogens is 224 g/mol. The van der Waals surface area contributed by atoms with E-state index >= 15 is 0 Å². The fourth-order valence-corrected chi connectivity index (χ4v) is 2.34. The summed E-state index contributed by atoms with van der Waals surface area (Å²) in [6, 6.07) is 0.432. The van der Waals surface area contributed by atoms with E-state index in [9.17, 15) is 4.79 Å². The number of carbonyl (C=O) groups excluding carboxylic acids is 1. The third kappa shape index (κ3) is 3.95. The zero-order chi connectivity index (χ0) is 11.5. The van der Waals surface area contributed by atoms with Gasteiger partial charge in [0, 0.05) is 25.6 Å². The largest absolute Gasteiger partial charge is 0.339 e. The molecule has 1 aliphatic heterocycles. The molecule has 96 valence electrons. The number of carbonyl (C=O) groups is 1. The summed E-state index contributed by atoms with van der Waals surface area (Å²) in [7, 11) is 1.89. The molecule has 0 aromatic rings. The van der Waals surface area contributed by atoms with Gasteiger partial charge in [-0.15, -0.1) is 12.4 Å². The number of nitrogens with zero attached hydrogens (tertiary/aromatic N) is 1. The van der Waals surface area contributed by atoms with Crippen LogP contribution in [0.2, 0.25) is 0 Å². The van der Waals surface area contributed by atoms with E-state index in [1.54, 1.807) is 0 Å². The molecule has 4 heteroatoms. The highest BCUT2D eigenvalue weighted by Gasteiger charge is 2.36. The minimum absolute atomic E-state index is 0. The first kappa shape index (κ1) is 15.7. The van der Waals surface area contributed by atoms with Crippen molar-refractivity contribution in [3.05, 3.63) is 0 Å². The Balaban J connectivity index is 0.00000225. The summed E-state index contributed by atoms with van der Waals surface area (Å²) in [6.45, 7) is 8.40. The Morgan fingerprint density at radius 2 is 2.06 bits per heavy atom. The van der Waals surface area contributed by atoms with Crippen LogP contribution in [0.5, 0.6) is 0 Å². The monoisotopic (exact) mass is 248 g/mol. The average molecular weight is 249 g/mol. The molecule has 1 atom stereocenters. The minimum Gasteiger partial charge on any atom is -0.339 e. The van der Waals surface area contributed by atoms with Crippen LogP contribution in [-0.4, -0.2) is 37.0 Å². The van der Waals surface area contributed by atoms with Crippen LogP contribution in [0.3, 0.4) is 0 Å². The standard InChI is InChI=1S/C12H24N2O.ClH/c1-12(2,3)10-6-5-9-14(10)11(15)7-8-13-4;/h10,13H,5-9H2,1-4H3;1H. The number of nitrogens with one attached hydrogen (secondary N) is 1. The topological polar surface area (TPSA) is 32.3 Å². The quantitative estimate of drug-likeness (QED) is 0.829. The number of likely N-dealkylation sites (tertiary alicyclic amines) is 1. The van der Waals surface area contributed by atoms with Gasteiger partial charge in [0.2, 0.25) is 5.91 Å². The van der Waals surface area contributed by atoms with Crippen molar-refractivity contribution in [2.75, 3.05) is 20.1 Å². The SMILES string of the molecule is CNCCC(=O)N1CCCC1C(C)(C)C.Cl. The van der Waals surface area contributed by atoms with Crippen LogP contribution in [-0.2, 0) is 4.79 Å². The van der Waals surface area contributed by atoms with Crippen molar-refractivity contribution in [2.45, 2.75) is 46.1 Å². The van der Waals surface area contributed by atoms with Gasteiger partial charge in [-0.05, 0) is 25.3 Å². The van der Waals surface area contributed by atoms with Crippen molar-refractivity contribution in [3.63, 3.8) is 0 Å². The number of hydrogen-bond donors (Lipinski definition) is 1. The second kappa shape index (κ2) is 6.45. The number of hydrogen-bond acceptors (Lipinski definition) is 2. The van der Waals surface area contributed by atoms with Crippen LogP contribution in [0.1, 0.15) is 40.0 Å².